The molecule has 1 aromatic rings. The normalized spacial score (nSPS) is 15.5. The maximum atomic E-state index is 11.9. The number of aromatic nitrogens is 1. The molecular weight excluding hydrogens is 300 g/mol. The molecule has 7 heteroatoms. The summed E-state index contributed by atoms with van der Waals surface area (Å²) in [6.07, 6.45) is 2.37. The molecule has 1 aromatic heterocycles. The van der Waals surface area contributed by atoms with Gasteiger partial charge in [-0.25, -0.2) is 14.6 Å². The third kappa shape index (κ3) is 5.12. The number of rotatable bonds is 5. The van der Waals surface area contributed by atoms with Crippen LogP contribution in [0.4, 0.5) is 4.79 Å². The van der Waals surface area contributed by atoms with Crippen LogP contribution < -0.4 is 4.74 Å². The third-order valence-corrected chi connectivity index (χ3v) is 3.51. The number of piperidine rings is 1. The highest BCUT2D eigenvalue weighted by atomic mass is 16.6. The Morgan fingerprint density at radius 2 is 2.09 bits per heavy atom. The molecule has 0 saturated carbocycles. The summed E-state index contributed by atoms with van der Waals surface area (Å²) in [6.45, 7) is 5.51. The number of hydrogen-bond donors (Lipinski definition) is 1. The highest BCUT2D eigenvalue weighted by molar-refractivity contribution is 5.87. The maximum Gasteiger partial charge on any atom is 0.409 e. The minimum absolute atomic E-state index is 0.0827. The minimum atomic E-state index is -1.01. The Balaban J connectivity index is 1.81. The third-order valence-electron chi connectivity index (χ3n) is 3.51. The monoisotopic (exact) mass is 322 g/mol. The molecule has 23 heavy (non-hydrogen) atoms. The average Bonchev–Trinajstić information content (AvgIpc) is 2.53. The molecule has 0 aliphatic carbocycles. The van der Waals surface area contributed by atoms with Gasteiger partial charge in [0.05, 0.1) is 12.2 Å². The molecule has 2 rings (SSSR count). The number of carboxylic acids is 1. The molecule has 1 aliphatic heterocycles. The molecule has 126 valence electrons. The van der Waals surface area contributed by atoms with Crippen molar-refractivity contribution in [3.8, 4) is 5.88 Å². The van der Waals surface area contributed by atoms with Gasteiger partial charge in [-0.05, 0) is 12.0 Å². The quantitative estimate of drug-likeness (QED) is 0.895. The Morgan fingerprint density at radius 3 is 2.70 bits per heavy atom. The van der Waals surface area contributed by atoms with Gasteiger partial charge in [0.25, 0.3) is 0 Å². The molecule has 7 nitrogen and oxygen atoms in total. The Morgan fingerprint density at radius 1 is 1.39 bits per heavy atom. The summed E-state index contributed by atoms with van der Waals surface area (Å²) in [4.78, 5) is 28.5. The molecule has 1 fully saturated rings. The van der Waals surface area contributed by atoms with Gasteiger partial charge >= 0.3 is 12.1 Å². The van der Waals surface area contributed by atoms with Crippen LogP contribution in [0.25, 0.3) is 0 Å². The van der Waals surface area contributed by atoms with E-state index in [1.54, 1.807) is 4.90 Å². The second-order valence-electron chi connectivity index (χ2n) is 5.96. The number of hydrogen-bond acceptors (Lipinski definition) is 5. The largest absolute Gasteiger partial charge is 0.478 e. The maximum absolute atomic E-state index is 11.9. The van der Waals surface area contributed by atoms with Gasteiger partial charge in [-0.3, -0.25) is 0 Å². The molecule has 1 aliphatic rings. The lowest BCUT2D eigenvalue weighted by atomic mass is 10.1. The van der Waals surface area contributed by atoms with Gasteiger partial charge in [-0.1, -0.05) is 13.8 Å². The fourth-order valence-corrected chi connectivity index (χ4v) is 2.26. The predicted octanol–water partition coefficient (Wildman–Crippen LogP) is 2.42. The second-order valence-corrected chi connectivity index (χ2v) is 5.96. The molecule has 1 saturated heterocycles. The van der Waals surface area contributed by atoms with Gasteiger partial charge in [0, 0.05) is 38.2 Å². The van der Waals surface area contributed by atoms with Crippen molar-refractivity contribution in [1.82, 2.24) is 9.88 Å². The number of carbonyl (C=O) groups excluding carboxylic acids is 1. The van der Waals surface area contributed by atoms with E-state index in [2.05, 4.69) is 4.98 Å². The first-order valence-electron chi connectivity index (χ1n) is 7.73. The zero-order chi connectivity index (χ0) is 16.8. The van der Waals surface area contributed by atoms with E-state index in [0.717, 1.165) is 0 Å². The number of carboxylic acid groups (broad SMARTS) is 1. The summed E-state index contributed by atoms with van der Waals surface area (Å²) in [5, 5.41) is 8.96. The van der Waals surface area contributed by atoms with Gasteiger partial charge in [-0.2, -0.15) is 0 Å². The molecule has 0 atom stereocenters. The average molecular weight is 322 g/mol. The van der Waals surface area contributed by atoms with E-state index in [1.807, 2.05) is 13.8 Å². The van der Waals surface area contributed by atoms with E-state index in [-0.39, 0.29) is 17.8 Å². The molecule has 1 N–H and O–H groups in total. The number of nitrogens with zero attached hydrogens (tertiary/aromatic N) is 2. The van der Waals surface area contributed by atoms with Crippen LogP contribution >= 0.6 is 0 Å². The fourth-order valence-electron chi connectivity index (χ4n) is 2.26. The van der Waals surface area contributed by atoms with Gasteiger partial charge in [0.1, 0.15) is 6.10 Å². The van der Waals surface area contributed by atoms with Crippen LogP contribution in [0.2, 0.25) is 0 Å². The first-order chi connectivity index (χ1) is 11.0. The van der Waals surface area contributed by atoms with E-state index >= 15 is 0 Å². The zero-order valence-electron chi connectivity index (χ0n) is 13.4. The van der Waals surface area contributed by atoms with E-state index in [4.69, 9.17) is 14.6 Å². The summed E-state index contributed by atoms with van der Waals surface area (Å²) in [5.41, 5.74) is 0.143. The van der Waals surface area contributed by atoms with Crippen LogP contribution in [-0.4, -0.2) is 52.9 Å². The second kappa shape index (κ2) is 7.80. The summed E-state index contributed by atoms with van der Waals surface area (Å²) < 4.78 is 10.9. The summed E-state index contributed by atoms with van der Waals surface area (Å²) in [6, 6.07) is 2.83. The van der Waals surface area contributed by atoms with Crippen LogP contribution in [-0.2, 0) is 4.74 Å². The van der Waals surface area contributed by atoms with Crippen LogP contribution in [0, 0.1) is 5.92 Å². The van der Waals surface area contributed by atoms with Gasteiger partial charge in [-0.15, -0.1) is 0 Å². The number of likely N-dealkylation sites (tertiary alicyclic amines) is 1. The minimum Gasteiger partial charge on any atom is -0.478 e. The predicted molar refractivity (Wildman–Crippen MR) is 82.6 cm³/mol. The van der Waals surface area contributed by atoms with E-state index in [1.165, 1.54) is 18.3 Å². The number of ether oxygens (including phenoxy) is 2. The number of carbonyl (C=O) groups is 2. The highest BCUT2D eigenvalue weighted by Crippen LogP contribution is 2.18. The Labute approximate surface area is 135 Å². The first kappa shape index (κ1) is 17.1. The van der Waals surface area contributed by atoms with Crippen molar-refractivity contribution in [2.75, 3.05) is 19.7 Å². The Kier molecular flexibility index (Phi) is 5.78. The fraction of sp³-hybridized carbons (Fsp3) is 0.562. The van der Waals surface area contributed by atoms with Crippen LogP contribution in [0.3, 0.4) is 0 Å². The first-order valence-corrected chi connectivity index (χ1v) is 7.73. The van der Waals surface area contributed by atoms with E-state index in [9.17, 15) is 9.59 Å². The molecule has 0 radical (unpaired) electrons. The molecule has 0 unspecified atom stereocenters. The van der Waals surface area contributed by atoms with Crippen LogP contribution in [0.1, 0.15) is 37.0 Å². The number of amides is 1. The van der Waals surface area contributed by atoms with Crippen LogP contribution in [0.15, 0.2) is 18.3 Å². The van der Waals surface area contributed by atoms with Crippen molar-refractivity contribution < 1.29 is 24.2 Å². The Bertz CT molecular complexity index is 553. The van der Waals surface area contributed by atoms with Gasteiger partial charge in [0.2, 0.25) is 5.88 Å². The standard InChI is InChI=1S/C16H22N2O5/c1-11(2)10-22-16(21)18-7-4-13(5-8-18)23-14-9-12(15(19)20)3-6-17-14/h3,6,9,11,13H,4-5,7-8,10H2,1-2H3,(H,19,20). The molecule has 0 spiro atoms. The van der Waals surface area contributed by atoms with Gasteiger partial charge in [0.15, 0.2) is 0 Å². The smallest absolute Gasteiger partial charge is 0.409 e. The SMILES string of the molecule is CC(C)COC(=O)N1CCC(Oc2cc(C(=O)O)ccn2)CC1. The van der Waals surface area contributed by atoms with E-state index in [0.29, 0.717) is 44.3 Å². The van der Waals surface area contributed by atoms with Crippen molar-refractivity contribution in [1.29, 1.82) is 0 Å². The van der Waals surface area contributed by atoms with E-state index < -0.39 is 5.97 Å². The number of pyridine rings is 1. The van der Waals surface area contributed by atoms with Crippen molar-refractivity contribution >= 4 is 12.1 Å². The summed E-state index contributed by atoms with van der Waals surface area (Å²) in [7, 11) is 0. The Hall–Kier alpha value is -2.31. The molecule has 1 amide bonds. The summed E-state index contributed by atoms with van der Waals surface area (Å²) in [5.74, 6) is -0.405. The summed E-state index contributed by atoms with van der Waals surface area (Å²) >= 11 is 0. The molecule has 0 bridgehead atoms. The molecule has 2 heterocycles. The van der Waals surface area contributed by atoms with Gasteiger partial charge < -0.3 is 19.5 Å². The molecule has 0 aromatic carbocycles. The topological polar surface area (TPSA) is 89.0 Å². The van der Waals surface area contributed by atoms with Crippen molar-refractivity contribution in [3.05, 3.63) is 23.9 Å². The lowest BCUT2D eigenvalue weighted by Crippen LogP contribution is -2.42. The molecular formula is C16H22N2O5. The lowest BCUT2D eigenvalue weighted by molar-refractivity contribution is 0.0600. The van der Waals surface area contributed by atoms with Crippen molar-refractivity contribution in [2.24, 2.45) is 5.92 Å². The zero-order valence-corrected chi connectivity index (χ0v) is 13.4. The number of aromatic carboxylic acids is 1. The van der Waals surface area contributed by atoms with Crippen LogP contribution in [0.5, 0.6) is 5.88 Å². The van der Waals surface area contributed by atoms with Crippen molar-refractivity contribution in [3.63, 3.8) is 0 Å². The highest BCUT2D eigenvalue weighted by Gasteiger charge is 2.25. The van der Waals surface area contributed by atoms with Crippen molar-refractivity contribution in [2.45, 2.75) is 32.8 Å². The lowest BCUT2D eigenvalue weighted by Gasteiger charge is -2.31.